The van der Waals surface area contributed by atoms with Crippen molar-refractivity contribution in [3.8, 4) is 0 Å². The summed E-state index contributed by atoms with van der Waals surface area (Å²) in [7, 11) is -2.69. The van der Waals surface area contributed by atoms with E-state index in [0.717, 1.165) is 21.8 Å². The van der Waals surface area contributed by atoms with Crippen molar-refractivity contribution in [2.45, 2.75) is 19.4 Å². The Labute approximate surface area is 182 Å². The van der Waals surface area contributed by atoms with E-state index in [-0.39, 0.29) is 23.0 Å². The van der Waals surface area contributed by atoms with Gasteiger partial charge >= 0.3 is 0 Å². The Hall–Kier alpha value is -3.47. The van der Waals surface area contributed by atoms with Crippen LogP contribution in [0.3, 0.4) is 0 Å². The molecule has 1 aliphatic rings. The first-order chi connectivity index (χ1) is 14.9. The summed E-state index contributed by atoms with van der Waals surface area (Å²) in [5.41, 5.74) is 4.66. The van der Waals surface area contributed by atoms with Gasteiger partial charge in [-0.25, -0.2) is 26.5 Å². The molecule has 0 spiro atoms. The van der Waals surface area contributed by atoms with Crippen LogP contribution in [0.5, 0.6) is 0 Å². The minimum atomic E-state index is -3.91. The highest BCUT2D eigenvalue weighted by atomic mass is 32.2. The van der Waals surface area contributed by atoms with Crippen LogP contribution in [0.2, 0.25) is 0 Å². The van der Waals surface area contributed by atoms with Crippen LogP contribution in [0, 0.1) is 18.6 Å². The second-order valence-corrected chi connectivity index (χ2v) is 9.79. The number of halogens is 2. The average Bonchev–Trinajstić information content (AvgIpc) is 3.05. The lowest BCUT2D eigenvalue weighted by Crippen LogP contribution is -2.50. The number of carbonyl (C=O) groups is 1. The molecule has 1 atom stereocenters. The minimum Gasteiger partial charge on any atom is -0.451 e. The van der Waals surface area contributed by atoms with Gasteiger partial charge < -0.3 is 15.5 Å². The van der Waals surface area contributed by atoms with Crippen LogP contribution >= 0.6 is 0 Å². The number of amides is 1. The first kappa shape index (κ1) is 21.8. The number of carbonyl (C=O) groups excluding carboxylic acids is 1. The van der Waals surface area contributed by atoms with Gasteiger partial charge in [-0.1, -0.05) is 18.2 Å². The molecule has 2 heterocycles. The fraction of sp³-hybridized carbons (Fsp3) is 0.238. The quantitative estimate of drug-likeness (QED) is 0.620. The predicted octanol–water partition coefficient (Wildman–Crippen LogP) is 3.08. The Morgan fingerprint density at radius 3 is 2.62 bits per heavy atom. The van der Waals surface area contributed by atoms with Crippen LogP contribution in [-0.2, 0) is 15.6 Å². The Morgan fingerprint density at radius 1 is 1.28 bits per heavy atom. The topological polar surface area (TPSA) is 118 Å². The average molecular weight is 462 g/mol. The Morgan fingerprint density at radius 2 is 1.97 bits per heavy atom. The molecule has 4 rings (SSSR count). The minimum absolute atomic E-state index is 0.0211. The maximum atomic E-state index is 14.7. The smallest absolute Gasteiger partial charge is 0.291 e. The molecule has 3 N–H and O–H groups in total. The normalized spacial score (nSPS) is 20.3. The van der Waals surface area contributed by atoms with Gasteiger partial charge in [0.15, 0.2) is 17.4 Å². The third kappa shape index (κ3) is 3.48. The molecular weight excluding hydrogens is 442 g/mol. The molecule has 168 valence electrons. The number of para-hydroxylation sites is 1. The molecule has 3 aromatic rings. The third-order valence-electron chi connectivity index (χ3n) is 5.48. The summed E-state index contributed by atoms with van der Waals surface area (Å²) in [6, 6.07) is 9.01. The molecule has 0 bridgehead atoms. The van der Waals surface area contributed by atoms with Crippen molar-refractivity contribution in [2.75, 3.05) is 18.1 Å². The lowest BCUT2D eigenvalue weighted by Gasteiger charge is -2.34. The number of hydrogen-bond acceptors (Lipinski definition) is 6. The molecule has 1 aliphatic heterocycles. The molecule has 32 heavy (non-hydrogen) atoms. The molecule has 8 nitrogen and oxygen atoms in total. The number of nitrogens with one attached hydrogen (secondary N) is 1. The van der Waals surface area contributed by atoms with Gasteiger partial charge in [-0.15, -0.1) is 0 Å². The van der Waals surface area contributed by atoms with Crippen molar-refractivity contribution in [3.05, 3.63) is 64.9 Å². The second kappa shape index (κ2) is 7.30. The largest absolute Gasteiger partial charge is 0.451 e. The Bertz CT molecular complexity index is 1400. The van der Waals surface area contributed by atoms with Gasteiger partial charge in [0.25, 0.3) is 5.91 Å². The van der Waals surface area contributed by atoms with Crippen LogP contribution in [0.4, 0.5) is 14.5 Å². The van der Waals surface area contributed by atoms with Crippen LogP contribution in [0.25, 0.3) is 11.0 Å². The van der Waals surface area contributed by atoms with Crippen molar-refractivity contribution in [3.63, 3.8) is 0 Å². The maximum absolute atomic E-state index is 14.7. The van der Waals surface area contributed by atoms with Gasteiger partial charge in [-0.3, -0.25) is 4.79 Å². The van der Waals surface area contributed by atoms with Gasteiger partial charge in [0.2, 0.25) is 16.0 Å². The van der Waals surface area contributed by atoms with Crippen molar-refractivity contribution in [1.29, 1.82) is 0 Å². The molecule has 0 unspecified atom stereocenters. The number of nitrogens with two attached hydrogens (primary N) is 1. The molecular formula is C21H20F2N4O4S. The molecule has 0 radical (unpaired) electrons. The number of anilines is 1. The van der Waals surface area contributed by atoms with Crippen molar-refractivity contribution in [2.24, 2.45) is 10.7 Å². The van der Waals surface area contributed by atoms with E-state index in [1.54, 1.807) is 31.2 Å². The fourth-order valence-corrected chi connectivity index (χ4v) is 5.17. The van der Waals surface area contributed by atoms with E-state index in [1.165, 1.54) is 14.0 Å². The maximum Gasteiger partial charge on any atom is 0.291 e. The zero-order chi connectivity index (χ0) is 23.4. The first-order valence-corrected chi connectivity index (χ1v) is 11.1. The molecule has 0 saturated carbocycles. The molecule has 0 saturated heterocycles. The second-order valence-electron chi connectivity index (χ2n) is 7.79. The summed E-state index contributed by atoms with van der Waals surface area (Å²) >= 11 is 0. The number of fused-ring (bicyclic) bond motifs is 1. The molecule has 0 fully saturated rings. The fourth-order valence-electron chi connectivity index (χ4n) is 3.72. The lowest BCUT2D eigenvalue weighted by molar-refractivity contribution is 0.0998. The summed E-state index contributed by atoms with van der Waals surface area (Å²) in [6.07, 6.45) is 0. The summed E-state index contributed by atoms with van der Waals surface area (Å²) in [6.45, 7) is 3.04. The van der Waals surface area contributed by atoms with Gasteiger partial charge in [-0.05, 0) is 26.0 Å². The van der Waals surface area contributed by atoms with Crippen LogP contribution < -0.4 is 11.1 Å². The number of benzene rings is 2. The first-order valence-electron chi connectivity index (χ1n) is 9.54. The van der Waals surface area contributed by atoms with Gasteiger partial charge in [0.05, 0.1) is 5.75 Å². The van der Waals surface area contributed by atoms with E-state index in [2.05, 4.69) is 10.3 Å². The van der Waals surface area contributed by atoms with Crippen LogP contribution in [-0.4, -0.2) is 37.4 Å². The highest BCUT2D eigenvalue weighted by Gasteiger charge is 2.42. The van der Waals surface area contributed by atoms with Crippen molar-refractivity contribution in [1.82, 2.24) is 4.31 Å². The Balaban J connectivity index is 1.75. The SMILES string of the molecule is Cc1c(C(=O)Nc2cc(F)c(F)c([C@]3(C)CS(=O)(=O)N(C)C(N)=N3)c2)oc2ccccc12. The van der Waals surface area contributed by atoms with Crippen molar-refractivity contribution >= 4 is 38.5 Å². The van der Waals surface area contributed by atoms with E-state index in [9.17, 15) is 22.0 Å². The highest BCUT2D eigenvalue weighted by Crippen LogP contribution is 2.36. The van der Waals surface area contributed by atoms with Gasteiger partial charge in [-0.2, -0.15) is 0 Å². The summed E-state index contributed by atoms with van der Waals surface area (Å²) in [5.74, 6) is -4.18. The van der Waals surface area contributed by atoms with Gasteiger partial charge in [0.1, 0.15) is 11.1 Å². The van der Waals surface area contributed by atoms with E-state index in [0.29, 0.717) is 11.1 Å². The summed E-state index contributed by atoms with van der Waals surface area (Å²) < 4.78 is 60.4. The van der Waals surface area contributed by atoms with E-state index < -0.39 is 38.9 Å². The lowest BCUT2D eigenvalue weighted by atomic mass is 9.93. The van der Waals surface area contributed by atoms with E-state index in [4.69, 9.17) is 10.2 Å². The van der Waals surface area contributed by atoms with Gasteiger partial charge in [0, 0.05) is 35.3 Å². The number of guanidine groups is 1. The van der Waals surface area contributed by atoms with E-state index in [1.807, 2.05) is 0 Å². The van der Waals surface area contributed by atoms with Crippen molar-refractivity contribution < 1.29 is 26.4 Å². The predicted molar refractivity (Wildman–Crippen MR) is 116 cm³/mol. The standard InChI is InChI=1S/C21H20F2N4O4S/c1-11-13-6-4-5-7-16(13)31-18(11)19(28)25-12-8-14(17(23)15(22)9-12)21(2)10-32(29,30)27(3)20(24)26-21/h4-9H,10H2,1-3H3,(H2,24,26)(H,25,28)/t21-/m0/s1. The number of hydrogen-bond donors (Lipinski definition) is 2. The zero-order valence-electron chi connectivity index (χ0n) is 17.4. The van der Waals surface area contributed by atoms with E-state index >= 15 is 0 Å². The molecule has 1 amide bonds. The summed E-state index contributed by atoms with van der Waals surface area (Å²) in [5, 5.41) is 3.23. The molecule has 1 aromatic heterocycles. The highest BCUT2D eigenvalue weighted by molar-refractivity contribution is 7.89. The zero-order valence-corrected chi connectivity index (χ0v) is 18.3. The Kier molecular flexibility index (Phi) is 4.96. The monoisotopic (exact) mass is 462 g/mol. The third-order valence-corrected chi connectivity index (χ3v) is 7.43. The number of rotatable bonds is 3. The van der Waals surface area contributed by atoms with Crippen LogP contribution in [0.15, 0.2) is 45.8 Å². The number of aryl methyl sites for hydroxylation is 1. The van der Waals surface area contributed by atoms with Crippen LogP contribution in [0.1, 0.15) is 28.6 Å². The number of sulfonamides is 1. The molecule has 2 aromatic carbocycles. The summed E-state index contributed by atoms with van der Waals surface area (Å²) in [4.78, 5) is 16.9. The number of aliphatic imine (C=N–C) groups is 1. The number of nitrogens with zero attached hydrogens (tertiary/aromatic N) is 2. The molecule has 11 heteroatoms. The number of furan rings is 1. The molecule has 0 aliphatic carbocycles.